The van der Waals surface area contributed by atoms with E-state index in [1.54, 1.807) is 7.11 Å². The zero-order valence-electron chi connectivity index (χ0n) is 10.6. The molecule has 0 aromatic carbocycles. The quantitative estimate of drug-likeness (QED) is 0.732. The molecule has 0 aliphatic heterocycles. The van der Waals surface area contributed by atoms with E-state index in [4.69, 9.17) is 4.74 Å². The molecule has 1 aliphatic carbocycles. The maximum atomic E-state index is 5.08. The molecule has 0 spiro atoms. The van der Waals surface area contributed by atoms with E-state index in [0.717, 1.165) is 24.9 Å². The zero-order valence-corrected chi connectivity index (χ0v) is 10.6. The van der Waals surface area contributed by atoms with Crippen LogP contribution in [0.2, 0.25) is 0 Å². The van der Waals surface area contributed by atoms with Gasteiger partial charge >= 0.3 is 0 Å². The van der Waals surface area contributed by atoms with Crippen molar-refractivity contribution in [3.05, 3.63) is 0 Å². The number of hydrogen-bond acceptors (Lipinski definition) is 2. The van der Waals surface area contributed by atoms with Crippen LogP contribution >= 0.6 is 0 Å². The Morgan fingerprint density at radius 2 is 2.20 bits per heavy atom. The highest BCUT2D eigenvalue weighted by atomic mass is 16.5. The van der Waals surface area contributed by atoms with Gasteiger partial charge in [-0.05, 0) is 44.6 Å². The predicted molar refractivity (Wildman–Crippen MR) is 65.1 cm³/mol. The molecular weight excluding hydrogens is 186 g/mol. The van der Waals surface area contributed by atoms with Crippen LogP contribution in [-0.2, 0) is 4.74 Å². The van der Waals surface area contributed by atoms with Gasteiger partial charge < -0.3 is 10.1 Å². The standard InChI is InChI=1S/C13H27NO/c1-11-5-4-6-13(9-11)10-14-12(2)7-8-15-3/h11-14H,4-10H2,1-3H3. The summed E-state index contributed by atoms with van der Waals surface area (Å²) >= 11 is 0. The van der Waals surface area contributed by atoms with Gasteiger partial charge in [0.2, 0.25) is 0 Å². The molecule has 0 radical (unpaired) electrons. The monoisotopic (exact) mass is 213 g/mol. The molecule has 90 valence electrons. The Morgan fingerprint density at radius 3 is 2.87 bits per heavy atom. The lowest BCUT2D eigenvalue weighted by atomic mass is 9.82. The first kappa shape index (κ1) is 13.0. The fourth-order valence-electron chi connectivity index (χ4n) is 2.51. The molecule has 2 nitrogen and oxygen atoms in total. The topological polar surface area (TPSA) is 21.3 Å². The highest BCUT2D eigenvalue weighted by Crippen LogP contribution is 2.27. The number of nitrogens with one attached hydrogen (secondary N) is 1. The lowest BCUT2D eigenvalue weighted by Gasteiger charge is -2.28. The van der Waals surface area contributed by atoms with E-state index in [1.807, 2.05) is 0 Å². The summed E-state index contributed by atoms with van der Waals surface area (Å²) in [6.45, 7) is 6.72. The summed E-state index contributed by atoms with van der Waals surface area (Å²) in [6, 6.07) is 0.599. The Labute approximate surface area is 94.8 Å². The van der Waals surface area contributed by atoms with Crippen LogP contribution in [0.25, 0.3) is 0 Å². The van der Waals surface area contributed by atoms with Crippen LogP contribution in [0.5, 0.6) is 0 Å². The molecule has 2 heteroatoms. The Hall–Kier alpha value is -0.0800. The van der Waals surface area contributed by atoms with Crippen molar-refractivity contribution in [3.8, 4) is 0 Å². The van der Waals surface area contributed by atoms with Gasteiger partial charge in [0.1, 0.15) is 0 Å². The normalized spacial score (nSPS) is 29.0. The summed E-state index contributed by atoms with van der Waals surface area (Å²) in [7, 11) is 1.77. The minimum absolute atomic E-state index is 0.599. The average Bonchev–Trinajstić information content (AvgIpc) is 2.23. The van der Waals surface area contributed by atoms with E-state index in [-0.39, 0.29) is 0 Å². The summed E-state index contributed by atoms with van der Waals surface area (Å²) in [4.78, 5) is 0. The first-order chi connectivity index (χ1) is 7.22. The molecule has 1 aliphatic rings. The van der Waals surface area contributed by atoms with E-state index in [2.05, 4.69) is 19.2 Å². The smallest absolute Gasteiger partial charge is 0.0476 e. The maximum absolute atomic E-state index is 5.08. The molecule has 1 fully saturated rings. The van der Waals surface area contributed by atoms with Crippen molar-refractivity contribution >= 4 is 0 Å². The van der Waals surface area contributed by atoms with Gasteiger partial charge in [-0.25, -0.2) is 0 Å². The highest BCUT2D eigenvalue weighted by Gasteiger charge is 2.18. The van der Waals surface area contributed by atoms with Crippen LogP contribution in [0.4, 0.5) is 0 Å². The molecule has 1 saturated carbocycles. The molecular formula is C13H27NO. The lowest BCUT2D eigenvalue weighted by molar-refractivity contribution is 0.181. The van der Waals surface area contributed by atoms with Crippen molar-refractivity contribution < 1.29 is 4.74 Å². The molecule has 0 heterocycles. The van der Waals surface area contributed by atoms with Crippen LogP contribution < -0.4 is 5.32 Å². The van der Waals surface area contributed by atoms with Gasteiger partial charge in [0, 0.05) is 19.8 Å². The van der Waals surface area contributed by atoms with E-state index in [9.17, 15) is 0 Å². The second-order valence-electron chi connectivity index (χ2n) is 5.23. The molecule has 3 unspecified atom stereocenters. The summed E-state index contributed by atoms with van der Waals surface area (Å²) in [5.41, 5.74) is 0. The fourth-order valence-corrected chi connectivity index (χ4v) is 2.51. The van der Waals surface area contributed by atoms with Crippen LogP contribution in [0, 0.1) is 11.8 Å². The summed E-state index contributed by atoms with van der Waals surface area (Å²) < 4.78 is 5.08. The third kappa shape index (κ3) is 5.53. The predicted octanol–water partition coefficient (Wildman–Crippen LogP) is 2.83. The van der Waals surface area contributed by atoms with Gasteiger partial charge in [0.25, 0.3) is 0 Å². The summed E-state index contributed by atoms with van der Waals surface area (Å²) in [5.74, 6) is 1.86. The minimum atomic E-state index is 0.599. The van der Waals surface area contributed by atoms with Gasteiger partial charge in [0.15, 0.2) is 0 Å². The molecule has 1 N–H and O–H groups in total. The Bertz CT molecular complexity index is 161. The third-order valence-electron chi connectivity index (χ3n) is 3.55. The third-order valence-corrected chi connectivity index (χ3v) is 3.55. The molecule has 0 amide bonds. The molecule has 1 rings (SSSR count). The molecule has 0 aromatic heterocycles. The second-order valence-corrected chi connectivity index (χ2v) is 5.23. The van der Waals surface area contributed by atoms with Crippen LogP contribution in [0.3, 0.4) is 0 Å². The van der Waals surface area contributed by atoms with E-state index in [1.165, 1.54) is 32.2 Å². The molecule has 0 bridgehead atoms. The first-order valence-electron chi connectivity index (χ1n) is 6.44. The van der Waals surface area contributed by atoms with E-state index in [0.29, 0.717) is 6.04 Å². The van der Waals surface area contributed by atoms with Crippen LogP contribution in [0.15, 0.2) is 0 Å². The molecule has 0 saturated heterocycles. The Morgan fingerprint density at radius 1 is 1.40 bits per heavy atom. The molecule has 15 heavy (non-hydrogen) atoms. The highest BCUT2D eigenvalue weighted by molar-refractivity contribution is 4.73. The number of rotatable bonds is 6. The van der Waals surface area contributed by atoms with Crippen molar-refractivity contribution in [1.29, 1.82) is 0 Å². The SMILES string of the molecule is COCCC(C)NCC1CCCC(C)C1. The van der Waals surface area contributed by atoms with Gasteiger partial charge in [-0.1, -0.05) is 19.8 Å². The average molecular weight is 213 g/mol. The van der Waals surface area contributed by atoms with Gasteiger partial charge in [0.05, 0.1) is 0 Å². The Balaban J connectivity index is 2.07. The number of methoxy groups -OCH3 is 1. The largest absolute Gasteiger partial charge is 0.385 e. The lowest BCUT2D eigenvalue weighted by Crippen LogP contribution is -2.33. The molecule has 3 atom stereocenters. The van der Waals surface area contributed by atoms with Crippen LogP contribution in [-0.4, -0.2) is 26.3 Å². The Kier molecular flexibility index (Phi) is 6.26. The van der Waals surface area contributed by atoms with E-state index >= 15 is 0 Å². The summed E-state index contributed by atoms with van der Waals surface area (Å²) in [6.07, 6.45) is 6.84. The van der Waals surface area contributed by atoms with E-state index < -0.39 is 0 Å². The van der Waals surface area contributed by atoms with Gasteiger partial charge in [-0.3, -0.25) is 0 Å². The van der Waals surface area contributed by atoms with Gasteiger partial charge in [-0.15, -0.1) is 0 Å². The van der Waals surface area contributed by atoms with Crippen LogP contribution in [0.1, 0.15) is 46.0 Å². The fraction of sp³-hybridized carbons (Fsp3) is 1.00. The zero-order chi connectivity index (χ0) is 11.1. The minimum Gasteiger partial charge on any atom is -0.385 e. The van der Waals surface area contributed by atoms with Crippen molar-refractivity contribution in [1.82, 2.24) is 5.32 Å². The molecule has 0 aromatic rings. The van der Waals surface area contributed by atoms with Crippen molar-refractivity contribution in [3.63, 3.8) is 0 Å². The van der Waals surface area contributed by atoms with Gasteiger partial charge in [-0.2, -0.15) is 0 Å². The number of hydrogen-bond donors (Lipinski definition) is 1. The maximum Gasteiger partial charge on any atom is 0.0476 e. The second kappa shape index (κ2) is 7.24. The number of ether oxygens (including phenoxy) is 1. The summed E-state index contributed by atoms with van der Waals surface area (Å²) in [5, 5.41) is 3.63. The van der Waals surface area contributed by atoms with Crippen molar-refractivity contribution in [2.45, 2.75) is 52.0 Å². The first-order valence-corrected chi connectivity index (χ1v) is 6.44. The van der Waals surface area contributed by atoms with Crippen molar-refractivity contribution in [2.24, 2.45) is 11.8 Å². The van der Waals surface area contributed by atoms with Crippen molar-refractivity contribution in [2.75, 3.05) is 20.3 Å².